The van der Waals surface area contributed by atoms with E-state index in [1.807, 2.05) is 6.92 Å². The van der Waals surface area contributed by atoms with Gasteiger partial charge in [-0.2, -0.15) is 0 Å². The number of amides is 2. The van der Waals surface area contributed by atoms with Gasteiger partial charge in [-0.3, -0.25) is 9.59 Å². The Bertz CT molecular complexity index is 555. The van der Waals surface area contributed by atoms with Crippen LogP contribution < -0.4 is 5.32 Å². The van der Waals surface area contributed by atoms with Gasteiger partial charge in [0.05, 0.1) is 6.54 Å². The maximum Gasteiger partial charge on any atom is 0.248 e. The molecule has 1 saturated heterocycles. The molecule has 1 heterocycles. The van der Waals surface area contributed by atoms with Crippen LogP contribution >= 0.6 is 0 Å². The Labute approximate surface area is 118 Å². The van der Waals surface area contributed by atoms with Crippen molar-refractivity contribution in [2.45, 2.75) is 32.7 Å². The van der Waals surface area contributed by atoms with E-state index in [1.165, 1.54) is 12.1 Å². The van der Waals surface area contributed by atoms with Gasteiger partial charge in [0, 0.05) is 6.54 Å². The van der Waals surface area contributed by atoms with Gasteiger partial charge in [0.25, 0.3) is 0 Å². The number of aryl methyl sites for hydroxylation is 1. The number of carbonyl (C=O) groups is 2. The van der Waals surface area contributed by atoms with Crippen molar-refractivity contribution in [3.05, 3.63) is 35.1 Å². The predicted octanol–water partition coefficient (Wildman–Crippen LogP) is 1.41. The van der Waals surface area contributed by atoms with Crippen LogP contribution in [0.2, 0.25) is 0 Å². The Morgan fingerprint density at radius 1 is 1.35 bits per heavy atom. The van der Waals surface area contributed by atoms with Crippen LogP contribution in [0.15, 0.2) is 18.2 Å². The third kappa shape index (κ3) is 2.98. The summed E-state index contributed by atoms with van der Waals surface area (Å²) in [6, 6.07) is 4.62. The summed E-state index contributed by atoms with van der Waals surface area (Å²) in [5.74, 6) is -0.497. The minimum absolute atomic E-state index is 0.0858. The Balaban J connectivity index is 2.06. The van der Waals surface area contributed by atoms with Crippen molar-refractivity contribution in [3.63, 3.8) is 0 Å². The van der Waals surface area contributed by atoms with E-state index in [1.54, 1.807) is 24.8 Å². The number of piperazine rings is 1. The van der Waals surface area contributed by atoms with Crippen molar-refractivity contribution < 1.29 is 14.0 Å². The molecule has 0 saturated carbocycles. The van der Waals surface area contributed by atoms with Gasteiger partial charge in [0.1, 0.15) is 11.4 Å². The molecule has 20 heavy (non-hydrogen) atoms. The van der Waals surface area contributed by atoms with Crippen LogP contribution in [0, 0.1) is 12.7 Å². The Morgan fingerprint density at radius 2 is 2.05 bits per heavy atom. The molecule has 0 unspecified atom stereocenters. The molecule has 1 aromatic carbocycles. The highest BCUT2D eigenvalue weighted by Gasteiger charge is 2.38. The van der Waals surface area contributed by atoms with Gasteiger partial charge >= 0.3 is 0 Å². The first-order chi connectivity index (χ1) is 9.29. The molecule has 108 valence electrons. The van der Waals surface area contributed by atoms with Gasteiger partial charge in [0.15, 0.2) is 0 Å². The smallest absolute Gasteiger partial charge is 0.248 e. The van der Waals surface area contributed by atoms with Crippen LogP contribution in [0.25, 0.3) is 0 Å². The largest absolute Gasteiger partial charge is 0.341 e. The Hall–Kier alpha value is -1.91. The highest BCUT2D eigenvalue weighted by atomic mass is 19.1. The standard InChI is InChI=1S/C15H19FN2O2/c1-10-8-12(16)5-4-11(10)6-7-18-9-13(19)17-15(2,3)14(18)20/h4-5,8H,6-7,9H2,1-3H3,(H,17,19). The van der Waals surface area contributed by atoms with E-state index in [9.17, 15) is 14.0 Å². The van der Waals surface area contributed by atoms with E-state index in [0.717, 1.165) is 11.1 Å². The summed E-state index contributed by atoms with van der Waals surface area (Å²) in [7, 11) is 0. The second-order valence-corrected chi connectivity index (χ2v) is 5.72. The predicted molar refractivity (Wildman–Crippen MR) is 73.6 cm³/mol. The van der Waals surface area contributed by atoms with Crippen molar-refractivity contribution in [2.75, 3.05) is 13.1 Å². The van der Waals surface area contributed by atoms with Gasteiger partial charge in [0.2, 0.25) is 11.8 Å². The number of halogens is 1. The molecule has 1 fully saturated rings. The van der Waals surface area contributed by atoms with E-state index in [-0.39, 0.29) is 24.2 Å². The van der Waals surface area contributed by atoms with Crippen LogP contribution in [0.1, 0.15) is 25.0 Å². The normalized spacial score (nSPS) is 18.1. The van der Waals surface area contributed by atoms with Crippen LogP contribution in [-0.4, -0.2) is 35.3 Å². The minimum atomic E-state index is -0.854. The first-order valence-corrected chi connectivity index (χ1v) is 6.65. The summed E-state index contributed by atoms with van der Waals surface area (Å²) in [5, 5.41) is 2.67. The topological polar surface area (TPSA) is 49.4 Å². The number of nitrogens with one attached hydrogen (secondary N) is 1. The molecule has 1 aliphatic rings. The first kappa shape index (κ1) is 14.5. The lowest BCUT2D eigenvalue weighted by Gasteiger charge is -2.37. The number of hydrogen-bond donors (Lipinski definition) is 1. The molecule has 0 radical (unpaired) electrons. The quantitative estimate of drug-likeness (QED) is 0.909. The van der Waals surface area contributed by atoms with Crippen LogP contribution in [0.5, 0.6) is 0 Å². The zero-order chi connectivity index (χ0) is 14.9. The lowest BCUT2D eigenvalue weighted by Crippen LogP contribution is -2.64. The second kappa shape index (κ2) is 5.23. The third-order valence-corrected chi connectivity index (χ3v) is 3.56. The fourth-order valence-corrected chi connectivity index (χ4v) is 2.46. The van der Waals surface area contributed by atoms with E-state index >= 15 is 0 Å². The van der Waals surface area contributed by atoms with Crippen molar-refractivity contribution in [1.29, 1.82) is 0 Å². The summed E-state index contributed by atoms with van der Waals surface area (Å²) in [6.07, 6.45) is 0.612. The average Bonchev–Trinajstić information content (AvgIpc) is 2.33. The molecule has 5 heteroatoms. The van der Waals surface area contributed by atoms with Gasteiger partial charge < -0.3 is 10.2 Å². The van der Waals surface area contributed by atoms with Gasteiger partial charge in [-0.05, 0) is 50.5 Å². The van der Waals surface area contributed by atoms with Gasteiger partial charge in [-0.25, -0.2) is 4.39 Å². The van der Waals surface area contributed by atoms with Crippen LogP contribution in [0.4, 0.5) is 4.39 Å². The number of rotatable bonds is 3. The van der Waals surface area contributed by atoms with Crippen molar-refractivity contribution in [1.82, 2.24) is 10.2 Å². The molecule has 1 aliphatic heterocycles. The summed E-state index contributed by atoms with van der Waals surface area (Å²) in [4.78, 5) is 25.4. The summed E-state index contributed by atoms with van der Waals surface area (Å²) in [5.41, 5.74) is 0.994. The number of benzene rings is 1. The first-order valence-electron chi connectivity index (χ1n) is 6.65. The molecule has 0 spiro atoms. The average molecular weight is 278 g/mol. The summed E-state index contributed by atoms with van der Waals surface area (Å²) in [6.45, 7) is 5.78. The lowest BCUT2D eigenvalue weighted by molar-refractivity contribution is -0.148. The molecule has 0 atom stereocenters. The van der Waals surface area contributed by atoms with Crippen molar-refractivity contribution in [3.8, 4) is 0 Å². The molecule has 0 bridgehead atoms. The zero-order valence-corrected chi connectivity index (χ0v) is 12.0. The highest BCUT2D eigenvalue weighted by Crippen LogP contribution is 2.16. The van der Waals surface area contributed by atoms with E-state index in [2.05, 4.69) is 5.32 Å². The Kier molecular flexibility index (Phi) is 3.79. The SMILES string of the molecule is Cc1cc(F)ccc1CCN1CC(=O)NC(C)(C)C1=O. The molecule has 4 nitrogen and oxygen atoms in total. The zero-order valence-electron chi connectivity index (χ0n) is 12.0. The highest BCUT2D eigenvalue weighted by molar-refractivity contribution is 5.97. The van der Waals surface area contributed by atoms with E-state index in [4.69, 9.17) is 0 Å². The number of carbonyl (C=O) groups excluding carboxylic acids is 2. The van der Waals surface area contributed by atoms with Gasteiger partial charge in [-0.1, -0.05) is 6.07 Å². The fourth-order valence-electron chi connectivity index (χ4n) is 2.46. The third-order valence-electron chi connectivity index (χ3n) is 3.56. The molecule has 2 rings (SSSR count). The maximum absolute atomic E-state index is 13.0. The number of nitrogens with zero attached hydrogens (tertiary/aromatic N) is 1. The van der Waals surface area contributed by atoms with Crippen molar-refractivity contribution >= 4 is 11.8 Å². The summed E-state index contributed by atoms with van der Waals surface area (Å²) < 4.78 is 13.0. The minimum Gasteiger partial charge on any atom is -0.341 e. The second-order valence-electron chi connectivity index (χ2n) is 5.72. The maximum atomic E-state index is 13.0. The molecule has 2 amide bonds. The van der Waals surface area contributed by atoms with Gasteiger partial charge in [-0.15, -0.1) is 0 Å². The number of hydrogen-bond acceptors (Lipinski definition) is 2. The Morgan fingerprint density at radius 3 is 2.70 bits per heavy atom. The molecular formula is C15H19FN2O2. The molecular weight excluding hydrogens is 259 g/mol. The van der Waals surface area contributed by atoms with Crippen LogP contribution in [0.3, 0.4) is 0 Å². The van der Waals surface area contributed by atoms with E-state index in [0.29, 0.717) is 13.0 Å². The van der Waals surface area contributed by atoms with Crippen molar-refractivity contribution in [2.24, 2.45) is 0 Å². The lowest BCUT2D eigenvalue weighted by atomic mass is 9.99. The van der Waals surface area contributed by atoms with E-state index < -0.39 is 5.54 Å². The monoisotopic (exact) mass is 278 g/mol. The fraction of sp³-hybridized carbons (Fsp3) is 0.467. The summed E-state index contributed by atoms with van der Waals surface area (Å²) >= 11 is 0. The molecule has 0 aromatic heterocycles. The molecule has 1 N–H and O–H groups in total. The molecule has 0 aliphatic carbocycles. The van der Waals surface area contributed by atoms with Crippen LogP contribution in [-0.2, 0) is 16.0 Å². The molecule has 1 aromatic rings.